The van der Waals surface area contributed by atoms with Gasteiger partial charge in [0.05, 0.1) is 13.2 Å². The molecule has 0 spiro atoms. The highest BCUT2D eigenvalue weighted by atomic mass is 16.5. The maximum atomic E-state index is 6.10. The first kappa shape index (κ1) is 16.9. The Bertz CT molecular complexity index is 220. The first-order valence-corrected chi connectivity index (χ1v) is 7.56. The molecule has 0 heterocycles. The summed E-state index contributed by atoms with van der Waals surface area (Å²) in [6.07, 6.45) is 5.17. The molecule has 1 saturated carbocycles. The van der Waals surface area contributed by atoms with Gasteiger partial charge in [0.25, 0.3) is 0 Å². The second-order valence-electron chi connectivity index (χ2n) is 6.15. The largest absolute Gasteiger partial charge is 0.383 e. The van der Waals surface area contributed by atoms with Crippen LogP contribution in [0.2, 0.25) is 0 Å². The van der Waals surface area contributed by atoms with Crippen molar-refractivity contribution in [3.63, 3.8) is 0 Å². The van der Waals surface area contributed by atoms with Gasteiger partial charge in [0.2, 0.25) is 0 Å². The number of nitrogens with two attached hydrogens (primary N) is 1. The summed E-state index contributed by atoms with van der Waals surface area (Å²) in [7, 11) is 3.52. The summed E-state index contributed by atoms with van der Waals surface area (Å²) in [6.45, 7) is 7.74. The molecular weight excluding hydrogens is 240 g/mol. The lowest BCUT2D eigenvalue weighted by molar-refractivity contribution is 0.0572. The molecule has 19 heavy (non-hydrogen) atoms. The third-order valence-electron chi connectivity index (χ3n) is 4.55. The van der Waals surface area contributed by atoms with Crippen molar-refractivity contribution in [2.75, 3.05) is 53.6 Å². The van der Waals surface area contributed by atoms with Gasteiger partial charge in [0.1, 0.15) is 0 Å². The molecule has 0 radical (unpaired) electrons. The topological polar surface area (TPSA) is 47.7 Å². The SMILES string of the molecule is COCCN(CCOC)CC1(CN)CCC(C)CC1. The van der Waals surface area contributed by atoms with E-state index in [0.717, 1.165) is 45.3 Å². The minimum absolute atomic E-state index is 0.313. The summed E-state index contributed by atoms with van der Waals surface area (Å²) in [5.41, 5.74) is 6.41. The zero-order chi connectivity index (χ0) is 14.1. The van der Waals surface area contributed by atoms with Crippen LogP contribution in [0.1, 0.15) is 32.6 Å². The van der Waals surface area contributed by atoms with Crippen molar-refractivity contribution in [2.45, 2.75) is 32.6 Å². The first-order chi connectivity index (χ1) is 9.15. The van der Waals surface area contributed by atoms with Crippen LogP contribution in [0.25, 0.3) is 0 Å². The van der Waals surface area contributed by atoms with Gasteiger partial charge in [-0.15, -0.1) is 0 Å². The van der Waals surface area contributed by atoms with Crippen molar-refractivity contribution in [1.29, 1.82) is 0 Å². The fraction of sp³-hybridized carbons (Fsp3) is 1.00. The molecule has 1 fully saturated rings. The summed E-state index contributed by atoms with van der Waals surface area (Å²) >= 11 is 0. The minimum atomic E-state index is 0.313. The van der Waals surface area contributed by atoms with Gasteiger partial charge in [-0.25, -0.2) is 0 Å². The van der Waals surface area contributed by atoms with E-state index in [9.17, 15) is 0 Å². The Morgan fingerprint density at radius 1 is 1.11 bits per heavy atom. The van der Waals surface area contributed by atoms with Crippen molar-refractivity contribution in [3.05, 3.63) is 0 Å². The predicted molar refractivity (Wildman–Crippen MR) is 79.3 cm³/mol. The van der Waals surface area contributed by atoms with Gasteiger partial charge in [-0.05, 0) is 30.7 Å². The highest BCUT2D eigenvalue weighted by Gasteiger charge is 2.34. The van der Waals surface area contributed by atoms with Crippen LogP contribution >= 0.6 is 0 Å². The van der Waals surface area contributed by atoms with Crippen LogP contribution in [0.3, 0.4) is 0 Å². The third-order valence-corrected chi connectivity index (χ3v) is 4.55. The number of rotatable bonds is 9. The molecule has 4 heteroatoms. The lowest BCUT2D eigenvalue weighted by Gasteiger charge is -2.42. The van der Waals surface area contributed by atoms with E-state index in [4.69, 9.17) is 15.2 Å². The minimum Gasteiger partial charge on any atom is -0.383 e. The summed E-state index contributed by atoms with van der Waals surface area (Å²) in [6, 6.07) is 0. The second kappa shape index (κ2) is 8.90. The number of hydrogen-bond donors (Lipinski definition) is 1. The molecule has 4 nitrogen and oxygen atoms in total. The normalized spacial score (nSPS) is 27.9. The molecule has 2 N–H and O–H groups in total. The van der Waals surface area contributed by atoms with Crippen LogP contribution in [-0.4, -0.2) is 58.5 Å². The Kier molecular flexibility index (Phi) is 7.91. The van der Waals surface area contributed by atoms with Gasteiger partial charge >= 0.3 is 0 Å². The zero-order valence-electron chi connectivity index (χ0n) is 13.0. The van der Waals surface area contributed by atoms with Crippen LogP contribution in [0.15, 0.2) is 0 Å². The van der Waals surface area contributed by atoms with Gasteiger partial charge in [-0.3, -0.25) is 4.90 Å². The Balaban J connectivity index is 2.52. The van der Waals surface area contributed by atoms with Gasteiger partial charge < -0.3 is 15.2 Å². The van der Waals surface area contributed by atoms with E-state index in [-0.39, 0.29) is 0 Å². The maximum Gasteiger partial charge on any atom is 0.0589 e. The lowest BCUT2D eigenvalue weighted by atomic mass is 9.70. The van der Waals surface area contributed by atoms with Crippen LogP contribution in [0, 0.1) is 11.3 Å². The monoisotopic (exact) mass is 272 g/mol. The van der Waals surface area contributed by atoms with Crippen molar-refractivity contribution < 1.29 is 9.47 Å². The molecule has 0 aromatic carbocycles. The fourth-order valence-electron chi connectivity index (χ4n) is 2.99. The Labute approximate surface area is 118 Å². The standard InChI is InChI=1S/C15H32N2O2/c1-14-4-6-15(12-16,7-5-14)13-17(8-10-18-2)9-11-19-3/h14H,4-13,16H2,1-3H3. The molecule has 0 aromatic rings. The molecule has 0 aromatic heterocycles. The van der Waals surface area contributed by atoms with Gasteiger partial charge in [-0.1, -0.05) is 19.8 Å². The van der Waals surface area contributed by atoms with Crippen molar-refractivity contribution in [1.82, 2.24) is 4.90 Å². The Hall–Kier alpha value is -0.160. The van der Waals surface area contributed by atoms with E-state index in [1.807, 2.05) is 0 Å². The van der Waals surface area contributed by atoms with Crippen LogP contribution in [0.4, 0.5) is 0 Å². The molecule has 1 rings (SSSR count). The van der Waals surface area contributed by atoms with E-state index in [1.165, 1.54) is 25.7 Å². The molecule has 0 unspecified atom stereocenters. The van der Waals surface area contributed by atoms with Gasteiger partial charge in [0.15, 0.2) is 0 Å². The van der Waals surface area contributed by atoms with E-state index in [2.05, 4.69) is 11.8 Å². The zero-order valence-corrected chi connectivity index (χ0v) is 13.0. The summed E-state index contributed by atoms with van der Waals surface area (Å²) in [5.74, 6) is 0.867. The first-order valence-electron chi connectivity index (χ1n) is 7.56. The lowest BCUT2D eigenvalue weighted by Crippen LogP contribution is -2.46. The number of methoxy groups -OCH3 is 2. The second-order valence-corrected chi connectivity index (χ2v) is 6.15. The molecule has 0 saturated heterocycles. The number of ether oxygens (including phenoxy) is 2. The van der Waals surface area contributed by atoms with Crippen molar-refractivity contribution in [2.24, 2.45) is 17.1 Å². The van der Waals surface area contributed by atoms with Crippen molar-refractivity contribution >= 4 is 0 Å². The summed E-state index contributed by atoms with van der Waals surface area (Å²) < 4.78 is 10.4. The highest BCUT2D eigenvalue weighted by molar-refractivity contribution is 4.88. The third kappa shape index (κ3) is 5.78. The fourth-order valence-corrected chi connectivity index (χ4v) is 2.99. The quantitative estimate of drug-likeness (QED) is 0.694. The van der Waals surface area contributed by atoms with Crippen LogP contribution in [0.5, 0.6) is 0 Å². The molecule has 0 amide bonds. The molecular formula is C15H32N2O2. The predicted octanol–water partition coefficient (Wildman–Crippen LogP) is 1.74. The van der Waals surface area contributed by atoms with E-state index in [0.29, 0.717) is 5.41 Å². The smallest absolute Gasteiger partial charge is 0.0589 e. The maximum absolute atomic E-state index is 6.10. The summed E-state index contributed by atoms with van der Waals surface area (Å²) in [5, 5.41) is 0. The highest BCUT2D eigenvalue weighted by Crippen LogP contribution is 2.38. The number of nitrogens with zero attached hydrogens (tertiary/aromatic N) is 1. The summed E-state index contributed by atoms with van der Waals surface area (Å²) in [4.78, 5) is 2.45. The molecule has 114 valence electrons. The average molecular weight is 272 g/mol. The number of hydrogen-bond acceptors (Lipinski definition) is 4. The van der Waals surface area contributed by atoms with E-state index < -0.39 is 0 Å². The van der Waals surface area contributed by atoms with Crippen molar-refractivity contribution in [3.8, 4) is 0 Å². The average Bonchev–Trinajstić information content (AvgIpc) is 2.44. The molecule has 0 bridgehead atoms. The van der Waals surface area contributed by atoms with Gasteiger partial charge in [-0.2, -0.15) is 0 Å². The van der Waals surface area contributed by atoms with E-state index >= 15 is 0 Å². The molecule has 1 aliphatic carbocycles. The van der Waals surface area contributed by atoms with E-state index in [1.54, 1.807) is 14.2 Å². The molecule has 0 atom stereocenters. The Morgan fingerprint density at radius 2 is 1.63 bits per heavy atom. The van der Waals surface area contributed by atoms with Gasteiger partial charge in [0, 0.05) is 33.9 Å². The van der Waals surface area contributed by atoms with Crippen LogP contribution < -0.4 is 5.73 Å². The molecule has 0 aliphatic heterocycles. The van der Waals surface area contributed by atoms with Crippen LogP contribution in [-0.2, 0) is 9.47 Å². The molecule has 1 aliphatic rings. The Morgan fingerprint density at radius 3 is 2.05 bits per heavy atom.